The molecule has 1 aromatic rings. The van der Waals surface area contributed by atoms with Crippen LogP contribution in [0, 0.1) is 0 Å². The second kappa shape index (κ2) is 10.3. The minimum absolute atomic E-state index is 0.107. The van der Waals surface area contributed by atoms with Crippen LogP contribution in [0.15, 0.2) is 0 Å². The fraction of sp³-hybridized carbons (Fsp3) is 0.769. The molecule has 0 amide bonds. The van der Waals surface area contributed by atoms with Crippen LogP contribution in [0.5, 0.6) is 0 Å². The molecule has 10 heteroatoms. The molecule has 1 rings (SSSR count). The van der Waals surface area contributed by atoms with Crippen molar-refractivity contribution in [2.75, 3.05) is 43.1 Å². The molecule has 0 aliphatic carbocycles. The Balaban J connectivity index is 2.40. The van der Waals surface area contributed by atoms with Crippen molar-refractivity contribution in [2.45, 2.75) is 39.7 Å². The predicted octanol–water partition coefficient (Wildman–Crippen LogP) is 1.28. The van der Waals surface area contributed by atoms with Gasteiger partial charge < -0.3 is 30.1 Å². The summed E-state index contributed by atoms with van der Waals surface area (Å²) in [4.78, 5) is 11.7. The average molecular weight is 344 g/mol. The summed E-state index contributed by atoms with van der Waals surface area (Å²) in [5.41, 5.74) is 11.0. The van der Waals surface area contributed by atoms with Crippen LogP contribution in [-0.2, 0) is 13.3 Å². The van der Waals surface area contributed by atoms with Crippen LogP contribution >= 0.6 is 0 Å². The number of hydrogen-bond donors (Lipinski definition) is 3. The van der Waals surface area contributed by atoms with Crippen LogP contribution in [-0.4, -0.2) is 50.1 Å². The van der Waals surface area contributed by atoms with Crippen molar-refractivity contribution in [3.8, 4) is 0 Å². The second-order valence-corrected chi connectivity index (χ2v) is 7.47. The molecule has 0 unspecified atom stereocenters. The summed E-state index contributed by atoms with van der Waals surface area (Å²) in [6.45, 7) is 8.33. The third kappa shape index (κ3) is 7.08. The Hall–Kier alpha value is -1.49. The van der Waals surface area contributed by atoms with E-state index in [2.05, 4.69) is 20.3 Å². The molecule has 1 aromatic heterocycles. The highest BCUT2D eigenvalue weighted by Gasteiger charge is 2.39. The van der Waals surface area contributed by atoms with E-state index >= 15 is 0 Å². The zero-order chi connectivity index (χ0) is 17.1. The topological polar surface area (TPSA) is 130 Å². The van der Waals surface area contributed by atoms with Crippen LogP contribution in [0.4, 0.5) is 17.8 Å². The molecular formula is C13H28N6O3Si. The van der Waals surface area contributed by atoms with E-state index in [0.29, 0.717) is 32.3 Å². The van der Waals surface area contributed by atoms with Gasteiger partial charge in [0, 0.05) is 32.4 Å². The summed E-state index contributed by atoms with van der Waals surface area (Å²) >= 11 is 0. The Labute approximate surface area is 138 Å². The lowest BCUT2D eigenvalue weighted by molar-refractivity contribution is 0.0707. The minimum Gasteiger partial charge on any atom is -0.374 e. The van der Waals surface area contributed by atoms with Crippen molar-refractivity contribution in [2.24, 2.45) is 0 Å². The van der Waals surface area contributed by atoms with Crippen molar-refractivity contribution in [1.29, 1.82) is 0 Å². The lowest BCUT2D eigenvalue weighted by Gasteiger charge is -2.28. The van der Waals surface area contributed by atoms with E-state index in [0.717, 1.165) is 18.9 Å². The monoisotopic (exact) mass is 344 g/mol. The first-order valence-corrected chi connectivity index (χ1v) is 9.91. The molecule has 9 nitrogen and oxygen atoms in total. The average Bonchev–Trinajstić information content (AvgIpc) is 2.47. The second-order valence-electron chi connectivity index (χ2n) is 4.74. The van der Waals surface area contributed by atoms with Crippen LogP contribution in [0.1, 0.15) is 33.6 Å². The molecule has 0 aromatic carbocycles. The summed E-state index contributed by atoms with van der Waals surface area (Å²) in [7, 11) is -2.55. The highest BCUT2D eigenvalue weighted by Crippen LogP contribution is 2.19. The molecule has 0 atom stereocenters. The van der Waals surface area contributed by atoms with Gasteiger partial charge >= 0.3 is 8.80 Å². The maximum atomic E-state index is 5.81. The molecule has 0 aliphatic rings. The molecule has 0 fully saturated rings. The van der Waals surface area contributed by atoms with Gasteiger partial charge in [-0.2, -0.15) is 15.0 Å². The number of nitrogens with one attached hydrogen (secondary N) is 1. The number of aromatic nitrogens is 3. The third-order valence-electron chi connectivity index (χ3n) is 2.96. The van der Waals surface area contributed by atoms with E-state index in [-0.39, 0.29) is 11.9 Å². The van der Waals surface area contributed by atoms with Gasteiger partial charge in [-0.15, -0.1) is 0 Å². The molecular weight excluding hydrogens is 316 g/mol. The molecule has 132 valence electrons. The lowest BCUT2D eigenvalue weighted by Crippen LogP contribution is -2.45. The minimum atomic E-state index is -2.55. The molecule has 0 spiro atoms. The van der Waals surface area contributed by atoms with E-state index in [1.165, 1.54) is 0 Å². The van der Waals surface area contributed by atoms with Crippen molar-refractivity contribution in [3.05, 3.63) is 0 Å². The molecule has 0 radical (unpaired) electrons. The highest BCUT2D eigenvalue weighted by molar-refractivity contribution is 6.60. The van der Waals surface area contributed by atoms with Crippen LogP contribution in [0.3, 0.4) is 0 Å². The first-order chi connectivity index (χ1) is 11.0. The van der Waals surface area contributed by atoms with Gasteiger partial charge in [-0.3, -0.25) is 0 Å². The van der Waals surface area contributed by atoms with Gasteiger partial charge in [0.05, 0.1) is 0 Å². The number of hydrogen-bond acceptors (Lipinski definition) is 9. The molecule has 1 heterocycles. The highest BCUT2D eigenvalue weighted by atomic mass is 28.4. The van der Waals surface area contributed by atoms with Crippen LogP contribution in [0.2, 0.25) is 6.04 Å². The first-order valence-electron chi connectivity index (χ1n) is 7.98. The molecule has 23 heavy (non-hydrogen) atoms. The zero-order valence-electron chi connectivity index (χ0n) is 14.2. The van der Waals surface area contributed by atoms with Gasteiger partial charge in [0.2, 0.25) is 17.8 Å². The van der Waals surface area contributed by atoms with Gasteiger partial charge in [-0.1, -0.05) is 0 Å². The van der Waals surface area contributed by atoms with Crippen LogP contribution in [0.25, 0.3) is 0 Å². The Kier molecular flexibility index (Phi) is 8.77. The maximum Gasteiger partial charge on any atom is 0.500 e. The van der Waals surface area contributed by atoms with Crippen molar-refractivity contribution in [3.63, 3.8) is 0 Å². The van der Waals surface area contributed by atoms with Gasteiger partial charge in [0.25, 0.3) is 0 Å². The number of nitrogen functional groups attached to an aromatic ring is 2. The fourth-order valence-electron chi connectivity index (χ4n) is 2.16. The summed E-state index contributed by atoms with van der Waals surface area (Å²) in [5.74, 6) is 0.601. The zero-order valence-corrected chi connectivity index (χ0v) is 15.2. The number of unbranched alkanes of at least 4 members (excludes halogenated alkanes) is 1. The van der Waals surface area contributed by atoms with Gasteiger partial charge in [-0.25, -0.2) is 0 Å². The molecule has 0 aliphatic heterocycles. The van der Waals surface area contributed by atoms with Crippen molar-refractivity contribution in [1.82, 2.24) is 15.0 Å². The molecule has 0 saturated carbocycles. The quantitative estimate of drug-likeness (QED) is 0.379. The van der Waals surface area contributed by atoms with E-state index in [1.807, 2.05) is 20.8 Å². The summed E-state index contributed by atoms with van der Waals surface area (Å²) in [6.07, 6.45) is 1.81. The van der Waals surface area contributed by atoms with Gasteiger partial charge in [0.1, 0.15) is 0 Å². The summed E-state index contributed by atoms with van der Waals surface area (Å²) in [5, 5.41) is 3.08. The summed E-state index contributed by atoms with van der Waals surface area (Å²) in [6, 6.07) is 0.783. The standard InChI is InChI=1S/C13H28N6O3Si/c1-4-20-23(21-5-2,22-6-3)10-8-7-9-16-13-18-11(14)17-12(15)19-13/h4-10H2,1-3H3,(H5,14,15,16,17,18,19). The number of nitrogens with two attached hydrogens (primary N) is 2. The van der Waals surface area contributed by atoms with E-state index in [1.54, 1.807) is 0 Å². The Morgan fingerprint density at radius 1 is 0.870 bits per heavy atom. The Morgan fingerprint density at radius 3 is 1.87 bits per heavy atom. The SMILES string of the molecule is CCO[Si](CCCCNc1nc(N)nc(N)n1)(OCC)OCC. The van der Waals surface area contributed by atoms with Crippen LogP contribution < -0.4 is 16.8 Å². The number of rotatable bonds is 12. The van der Waals surface area contributed by atoms with Crippen molar-refractivity contribution < 1.29 is 13.3 Å². The third-order valence-corrected chi connectivity index (χ3v) is 6.11. The Morgan fingerprint density at radius 2 is 1.39 bits per heavy atom. The van der Waals surface area contributed by atoms with Crippen molar-refractivity contribution >= 4 is 26.6 Å². The predicted molar refractivity (Wildman–Crippen MR) is 91.8 cm³/mol. The molecule has 0 saturated heterocycles. The maximum absolute atomic E-state index is 5.81. The normalized spacial score (nSPS) is 11.6. The fourth-order valence-corrected chi connectivity index (χ4v) is 4.84. The van der Waals surface area contributed by atoms with E-state index < -0.39 is 8.80 Å². The molecule has 0 bridgehead atoms. The largest absolute Gasteiger partial charge is 0.500 e. The molecule has 5 N–H and O–H groups in total. The van der Waals surface area contributed by atoms with Gasteiger partial charge in [-0.05, 0) is 33.6 Å². The number of nitrogens with zero attached hydrogens (tertiary/aromatic N) is 3. The first kappa shape index (κ1) is 19.6. The Bertz CT molecular complexity index is 428. The smallest absolute Gasteiger partial charge is 0.374 e. The lowest BCUT2D eigenvalue weighted by atomic mass is 10.3. The van der Waals surface area contributed by atoms with E-state index in [9.17, 15) is 0 Å². The number of anilines is 3. The summed E-state index contributed by atoms with van der Waals surface area (Å²) < 4.78 is 17.4. The van der Waals surface area contributed by atoms with Gasteiger partial charge in [0.15, 0.2) is 0 Å². The van der Waals surface area contributed by atoms with E-state index in [4.69, 9.17) is 24.7 Å².